The van der Waals surface area contributed by atoms with Crippen molar-refractivity contribution in [2.24, 2.45) is 11.5 Å². The highest BCUT2D eigenvalue weighted by molar-refractivity contribution is 5.86. The molecule has 5 N–H and O–H groups in total. The molecule has 0 aromatic rings. The predicted molar refractivity (Wildman–Crippen MR) is 34.8 cm³/mol. The van der Waals surface area contributed by atoms with Gasteiger partial charge < -0.3 is 11.5 Å². The minimum atomic E-state index is -0.597. The summed E-state index contributed by atoms with van der Waals surface area (Å²) in [6, 6.07) is 0. The smallest absolute Gasteiger partial charge is 0.111 e. The quantitative estimate of drug-likeness (QED) is 0.351. The first-order valence-corrected chi connectivity index (χ1v) is 2.64. The summed E-state index contributed by atoms with van der Waals surface area (Å²) >= 11 is 0. The van der Waals surface area contributed by atoms with E-state index in [2.05, 4.69) is 0 Å². The summed E-state index contributed by atoms with van der Waals surface area (Å²) in [6.07, 6.45) is 0.711. The minimum absolute atomic E-state index is 0.0556. The fraction of sp³-hybridized carbons (Fsp3) is 0.800. The Morgan fingerprint density at radius 1 is 1.75 bits per heavy atom. The van der Waals surface area contributed by atoms with Crippen LogP contribution >= 0.6 is 0 Å². The maximum Gasteiger partial charge on any atom is 0.111 e. The van der Waals surface area contributed by atoms with Crippen molar-refractivity contribution in [3.05, 3.63) is 0 Å². The lowest BCUT2D eigenvalue weighted by molar-refractivity contribution is 0.594. The molecular weight excluding hydrogens is 102 g/mol. The minimum Gasteiger partial charge on any atom is -0.386 e. The molecule has 0 bridgehead atoms. The Labute approximate surface area is 49.6 Å². The van der Waals surface area contributed by atoms with Gasteiger partial charge in [-0.3, -0.25) is 5.41 Å². The number of amidine groups is 1. The topological polar surface area (TPSA) is 75.9 Å². The molecule has 0 saturated carbocycles. The zero-order chi connectivity index (χ0) is 6.78. The molecule has 0 amide bonds. The lowest BCUT2D eigenvalue weighted by atomic mass is 10.00. The first-order chi connectivity index (χ1) is 3.50. The Balaban J connectivity index is 3.91. The maximum absolute atomic E-state index is 6.95. The largest absolute Gasteiger partial charge is 0.386 e. The summed E-state index contributed by atoms with van der Waals surface area (Å²) in [4.78, 5) is 0. The Morgan fingerprint density at radius 2 is 2.12 bits per heavy atom. The van der Waals surface area contributed by atoms with E-state index in [-0.39, 0.29) is 5.84 Å². The van der Waals surface area contributed by atoms with Crippen LogP contribution in [-0.4, -0.2) is 11.4 Å². The first kappa shape index (κ1) is 7.43. The molecule has 0 aliphatic heterocycles. The van der Waals surface area contributed by atoms with Gasteiger partial charge in [-0.15, -0.1) is 0 Å². The Morgan fingerprint density at radius 3 is 2.12 bits per heavy atom. The summed E-state index contributed by atoms with van der Waals surface area (Å²) in [7, 11) is 0. The van der Waals surface area contributed by atoms with Crippen molar-refractivity contribution in [1.82, 2.24) is 0 Å². The molecule has 1 atom stereocenters. The van der Waals surface area contributed by atoms with E-state index < -0.39 is 5.54 Å². The van der Waals surface area contributed by atoms with Crippen molar-refractivity contribution < 1.29 is 0 Å². The fourth-order valence-corrected chi connectivity index (χ4v) is 0.190. The summed E-state index contributed by atoms with van der Waals surface area (Å²) < 4.78 is 0. The lowest BCUT2D eigenvalue weighted by Gasteiger charge is -2.19. The Bertz CT molecular complexity index is 95.8. The van der Waals surface area contributed by atoms with E-state index in [1.54, 1.807) is 6.92 Å². The molecule has 0 fully saturated rings. The molecule has 0 aliphatic rings. The number of nitrogens with one attached hydrogen (secondary N) is 1. The van der Waals surface area contributed by atoms with Gasteiger partial charge in [0.1, 0.15) is 5.84 Å². The molecule has 3 heteroatoms. The molecule has 0 heterocycles. The van der Waals surface area contributed by atoms with Gasteiger partial charge in [0.15, 0.2) is 0 Å². The van der Waals surface area contributed by atoms with E-state index in [4.69, 9.17) is 16.9 Å². The van der Waals surface area contributed by atoms with E-state index in [9.17, 15) is 0 Å². The highest BCUT2D eigenvalue weighted by Crippen LogP contribution is 2.01. The van der Waals surface area contributed by atoms with Crippen LogP contribution in [0.15, 0.2) is 0 Å². The first-order valence-electron chi connectivity index (χ1n) is 2.64. The predicted octanol–water partition coefficient (Wildman–Crippen LogP) is 0.0498. The summed E-state index contributed by atoms with van der Waals surface area (Å²) in [5, 5.41) is 6.95. The van der Waals surface area contributed by atoms with Crippen LogP contribution in [0.5, 0.6) is 0 Å². The molecule has 0 aliphatic carbocycles. The van der Waals surface area contributed by atoms with Crippen molar-refractivity contribution in [1.29, 1.82) is 5.41 Å². The van der Waals surface area contributed by atoms with Gasteiger partial charge in [0, 0.05) is 0 Å². The normalized spacial score (nSPS) is 17.4. The van der Waals surface area contributed by atoms with Gasteiger partial charge in [0.25, 0.3) is 0 Å². The molecule has 1 unspecified atom stereocenters. The molecule has 0 spiro atoms. The van der Waals surface area contributed by atoms with Gasteiger partial charge in [-0.05, 0) is 13.3 Å². The number of hydrogen-bond donors (Lipinski definition) is 3. The summed E-state index contributed by atoms with van der Waals surface area (Å²) in [6.45, 7) is 3.65. The monoisotopic (exact) mass is 115 g/mol. The summed E-state index contributed by atoms with van der Waals surface area (Å²) in [5.41, 5.74) is 10.1. The zero-order valence-corrected chi connectivity index (χ0v) is 5.36. The molecule has 0 aromatic heterocycles. The van der Waals surface area contributed by atoms with Gasteiger partial charge in [0.05, 0.1) is 5.54 Å². The van der Waals surface area contributed by atoms with E-state index in [0.717, 1.165) is 0 Å². The zero-order valence-electron chi connectivity index (χ0n) is 5.36. The number of rotatable bonds is 2. The van der Waals surface area contributed by atoms with Crippen molar-refractivity contribution in [2.75, 3.05) is 0 Å². The Kier molecular flexibility index (Phi) is 1.98. The highest BCUT2D eigenvalue weighted by Gasteiger charge is 2.18. The van der Waals surface area contributed by atoms with E-state index in [0.29, 0.717) is 6.42 Å². The summed E-state index contributed by atoms with van der Waals surface area (Å²) in [5.74, 6) is 0.0556. The molecule has 0 rings (SSSR count). The maximum atomic E-state index is 6.95. The van der Waals surface area contributed by atoms with Crippen molar-refractivity contribution >= 4 is 5.84 Å². The average Bonchev–Trinajstić information content (AvgIpc) is 1.67. The van der Waals surface area contributed by atoms with Crippen molar-refractivity contribution in [3.8, 4) is 0 Å². The highest BCUT2D eigenvalue weighted by atomic mass is 14.9. The molecule has 0 saturated heterocycles. The molecule has 8 heavy (non-hydrogen) atoms. The van der Waals surface area contributed by atoms with E-state index in [1.807, 2.05) is 6.92 Å². The number of nitrogens with two attached hydrogens (primary N) is 2. The average molecular weight is 115 g/mol. The number of hydrogen-bond acceptors (Lipinski definition) is 2. The van der Waals surface area contributed by atoms with Gasteiger partial charge in [-0.25, -0.2) is 0 Å². The van der Waals surface area contributed by atoms with Crippen LogP contribution in [0.4, 0.5) is 0 Å². The molecule has 48 valence electrons. The van der Waals surface area contributed by atoms with Crippen LogP contribution in [0.2, 0.25) is 0 Å². The third-order valence-corrected chi connectivity index (χ3v) is 1.35. The van der Waals surface area contributed by atoms with E-state index >= 15 is 0 Å². The third-order valence-electron chi connectivity index (χ3n) is 1.35. The second-order valence-corrected chi connectivity index (χ2v) is 2.18. The van der Waals surface area contributed by atoms with Crippen LogP contribution < -0.4 is 11.5 Å². The van der Waals surface area contributed by atoms with Crippen molar-refractivity contribution in [3.63, 3.8) is 0 Å². The van der Waals surface area contributed by atoms with Gasteiger partial charge >= 0.3 is 0 Å². The SMILES string of the molecule is CCC(C)(N)C(=N)N. The van der Waals surface area contributed by atoms with E-state index in [1.165, 1.54) is 0 Å². The van der Waals surface area contributed by atoms with Gasteiger partial charge in [-0.1, -0.05) is 6.92 Å². The molecule has 0 radical (unpaired) electrons. The Hall–Kier alpha value is -0.570. The van der Waals surface area contributed by atoms with Crippen LogP contribution in [0.3, 0.4) is 0 Å². The second-order valence-electron chi connectivity index (χ2n) is 2.18. The standard InChI is InChI=1S/C5H13N3/c1-3-5(2,8)4(6)7/h3,8H2,1-2H3,(H3,6,7). The fourth-order valence-electron chi connectivity index (χ4n) is 0.190. The molecular formula is C5H13N3. The lowest BCUT2D eigenvalue weighted by Crippen LogP contribution is -2.48. The van der Waals surface area contributed by atoms with Crippen molar-refractivity contribution in [2.45, 2.75) is 25.8 Å². The van der Waals surface area contributed by atoms with Crippen LogP contribution in [0, 0.1) is 5.41 Å². The second kappa shape index (κ2) is 2.13. The van der Waals surface area contributed by atoms with Crippen LogP contribution in [0.1, 0.15) is 20.3 Å². The molecule has 0 aromatic carbocycles. The van der Waals surface area contributed by atoms with Crippen LogP contribution in [0.25, 0.3) is 0 Å². The van der Waals surface area contributed by atoms with Gasteiger partial charge in [-0.2, -0.15) is 0 Å². The van der Waals surface area contributed by atoms with Gasteiger partial charge in [0.2, 0.25) is 0 Å². The van der Waals surface area contributed by atoms with Crippen LogP contribution in [-0.2, 0) is 0 Å². The molecule has 3 nitrogen and oxygen atoms in total. The third kappa shape index (κ3) is 1.50.